The third-order valence-electron chi connectivity index (χ3n) is 2.59. The summed E-state index contributed by atoms with van der Waals surface area (Å²) in [4.78, 5) is 0. The van der Waals surface area contributed by atoms with Crippen molar-refractivity contribution < 1.29 is 5.11 Å². The minimum Gasteiger partial charge on any atom is -0.396 e. The molecule has 12 heavy (non-hydrogen) atoms. The number of nitrogens with one attached hydrogen (secondary N) is 1. The van der Waals surface area contributed by atoms with Gasteiger partial charge in [-0.25, -0.2) is 0 Å². The average molecular weight is 171 g/mol. The molecular formula is C10H21NO. The zero-order valence-corrected chi connectivity index (χ0v) is 8.43. The Morgan fingerprint density at radius 3 is 2.17 bits per heavy atom. The smallest absolute Gasteiger partial charge is 0.0433 e. The number of hydrogen-bond acceptors (Lipinski definition) is 2. The summed E-state index contributed by atoms with van der Waals surface area (Å²) in [7, 11) is 0. The van der Waals surface area contributed by atoms with E-state index in [9.17, 15) is 0 Å². The highest BCUT2D eigenvalue weighted by molar-refractivity contribution is 5.81. The summed E-state index contributed by atoms with van der Waals surface area (Å²) in [6.07, 6.45) is 2.92. The molecule has 0 bridgehead atoms. The van der Waals surface area contributed by atoms with Crippen LogP contribution in [0.2, 0.25) is 0 Å². The first-order chi connectivity index (χ1) is 5.67. The quantitative estimate of drug-likeness (QED) is 0.592. The van der Waals surface area contributed by atoms with E-state index in [-0.39, 0.29) is 6.61 Å². The fraction of sp³-hybridized carbons (Fsp3) is 0.900. The first-order valence-electron chi connectivity index (χ1n) is 4.83. The maximum Gasteiger partial charge on any atom is 0.0433 e. The molecule has 2 nitrogen and oxygen atoms in total. The van der Waals surface area contributed by atoms with Gasteiger partial charge in [0.25, 0.3) is 0 Å². The van der Waals surface area contributed by atoms with E-state index >= 15 is 0 Å². The average Bonchev–Trinajstić information content (AvgIpc) is 2.03. The molecule has 0 fully saturated rings. The Bertz CT molecular complexity index is 134. The van der Waals surface area contributed by atoms with Gasteiger partial charge in [0.2, 0.25) is 0 Å². The van der Waals surface area contributed by atoms with E-state index in [1.165, 1.54) is 0 Å². The van der Waals surface area contributed by atoms with Crippen molar-refractivity contribution in [1.29, 1.82) is 5.41 Å². The van der Waals surface area contributed by atoms with Gasteiger partial charge in [-0.05, 0) is 31.6 Å². The van der Waals surface area contributed by atoms with E-state index in [4.69, 9.17) is 10.5 Å². The van der Waals surface area contributed by atoms with Crippen LogP contribution in [0.3, 0.4) is 0 Å². The van der Waals surface area contributed by atoms with E-state index in [1.807, 2.05) is 6.92 Å². The fourth-order valence-electron chi connectivity index (χ4n) is 1.85. The Hall–Kier alpha value is -0.370. The minimum absolute atomic E-state index is 0.252. The third-order valence-corrected chi connectivity index (χ3v) is 2.59. The van der Waals surface area contributed by atoms with Crippen LogP contribution in [0, 0.1) is 17.2 Å². The Labute approximate surface area is 75.5 Å². The van der Waals surface area contributed by atoms with Crippen LogP contribution < -0.4 is 0 Å². The molecule has 0 amide bonds. The van der Waals surface area contributed by atoms with Crippen LogP contribution in [-0.2, 0) is 0 Å². The summed E-state index contributed by atoms with van der Waals surface area (Å²) in [6.45, 7) is 6.37. The summed E-state index contributed by atoms with van der Waals surface area (Å²) in [5, 5.41) is 16.4. The van der Waals surface area contributed by atoms with Gasteiger partial charge in [-0.3, -0.25) is 0 Å². The van der Waals surface area contributed by atoms with Crippen LogP contribution in [0.4, 0.5) is 0 Å². The van der Waals surface area contributed by atoms with Crippen molar-refractivity contribution in [1.82, 2.24) is 0 Å². The summed E-state index contributed by atoms with van der Waals surface area (Å²) >= 11 is 0. The van der Waals surface area contributed by atoms with Crippen molar-refractivity contribution >= 4 is 5.71 Å². The van der Waals surface area contributed by atoms with Gasteiger partial charge in [0.1, 0.15) is 0 Å². The van der Waals surface area contributed by atoms with E-state index in [1.54, 1.807) is 0 Å². The van der Waals surface area contributed by atoms with Gasteiger partial charge in [0.05, 0.1) is 0 Å². The predicted molar refractivity (Wildman–Crippen MR) is 52.7 cm³/mol. The van der Waals surface area contributed by atoms with Crippen LogP contribution >= 0.6 is 0 Å². The van der Waals surface area contributed by atoms with Gasteiger partial charge in [-0.2, -0.15) is 0 Å². The zero-order valence-electron chi connectivity index (χ0n) is 8.43. The maximum atomic E-state index is 8.82. The molecule has 0 saturated heterocycles. The van der Waals surface area contributed by atoms with E-state index in [2.05, 4.69) is 13.8 Å². The van der Waals surface area contributed by atoms with Crippen LogP contribution in [0.25, 0.3) is 0 Å². The van der Waals surface area contributed by atoms with Crippen molar-refractivity contribution in [3.8, 4) is 0 Å². The van der Waals surface area contributed by atoms with Gasteiger partial charge in [0.15, 0.2) is 0 Å². The fourth-order valence-corrected chi connectivity index (χ4v) is 1.85. The molecule has 0 aliphatic rings. The maximum absolute atomic E-state index is 8.82. The highest BCUT2D eigenvalue weighted by atomic mass is 16.3. The molecule has 0 aromatic carbocycles. The van der Waals surface area contributed by atoms with Gasteiger partial charge in [-0.15, -0.1) is 0 Å². The monoisotopic (exact) mass is 171 g/mol. The van der Waals surface area contributed by atoms with Crippen LogP contribution in [0.15, 0.2) is 0 Å². The Kier molecular flexibility index (Phi) is 5.99. The lowest BCUT2D eigenvalue weighted by atomic mass is 9.83. The van der Waals surface area contributed by atoms with Crippen LogP contribution in [0.5, 0.6) is 0 Å². The van der Waals surface area contributed by atoms with Crippen LogP contribution in [-0.4, -0.2) is 17.4 Å². The second kappa shape index (κ2) is 6.18. The summed E-state index contributed by atoms with van der Waals surface area (Å²) in [6, 6.07) is 0. The molecular weight excluding hydrogens is 150 g/mol. The van der Waals surface area contributed by atoms with E-state index < -0.39 is 0 Å². The number of aliphatic hydroxyl groups is 1. The normalized spacial score (nSPS) is 15.7. The second-order valence-electron chi connectivity index (χ2n) is 3.38. The Morgan fingerprint density at radius 1 is 1.33 bits per heavy atom. The SMILES string of the molecule is CCC(CCO)[C@H](CC)C(C)=N. The molecule has 0 saturated carbocycles. The molecule has 0 aliphatic carbocycles. The summed E-state index contributed by atoms with van der Waals surface area (Å²) in [5.74, 6) is 0.875. The highest BCUT2D eigenvalue weighted by Gasteiger charge is 2.19. The van der Waals surface area contributed by atoms with Crippen molar-refractivity contribution in [2.24, 2.45) is 11.8 Å². The van der Waals surface area contributed by atoms with Crippen molar-refractivity contribution in [2.75, 3.05) is 6.61 Å². The molecule has 2 N–H and O–H groups in total. The largest absolute Gasteiger partial charge is 0.396 e. The van der Waals surface area contributed by atoms with Gasteiger partial charge in [-0.1, -0.05) is 20.3 Å². The first kappa shape index (κ1) is 11.6. The molecule has 2 heteroatoms. The molecule has 0 rings (SSSR count). The standard InChI is InChI=1S/C10H21NO/c1-4-9(6-7-12)10(5-2)8(3)11/h9-12H,4-7H2,1-3H3/t9?,10-/m1/s1. The molecule has 0 aliphatic heterocycles. The highest BCUT2D eigenvalue weighted by Crippen LogP contribution is 2.23. The van der Waals surface area contributed by atoms with Gasteiger partial charge < -0.3 is 10.5 Å². The molecule has 2 atom stereocenters. The van der Waals surface area contributed by atoms with Crippen LogP contribution in [0.1, 0.15) is 40.0 Å². The number of aliphatic hydroxyl groups excluding tert-OH is 1. The Balaban J connectivity index is 4.12. The number of hydrogen-bond donors (Lipinski definition) is 2. The summed E-state index contributed by atoms with van der Waals surface area (Å²) in [5.41, 5.74) is 0.762. The van der Waals surface area contributed by atoms with E-state index in [0.717, 1.165) is 25.0 Å². The van der Waals surface area contributed by atoms with Crippen molar-refractivity contribution in [3.05, 3.63) is 0 Å². The molecule has 72 valence electrons. The number of rotatable bonds is 6. The molecule has 1 unspecified atom stereocenters. The minimum atomic E-state index is 0.252. The lowest BCUT2D eigenvalue weighted by Gasteiger charge is -2.23. The van der Waals surface area contributed by atoms with Crippen molar-refractivity contribution in [2.45, 2.75) is 40.0 Å². The first-order valence-corrected chi connectivity index (χ1v) is 4.83. The zero-order chi connectivity index (χ0) is 9.56. The third kappa shape index (κ3) is 3.35. The molecule has 0 heterocycles. The Morgan fingerprint density at radius 2 is 1.92 bits per heavy atom. The van der Waals surface area contributed by atoms with Gasteiger partial charge >= 0.3 is 0 Å². The lowest BCUT2D eigenvalue weighted by Crippen LogP contribution is -2.21. The summed E-state index contributed by atoms with van der Waals surface area (Å²) < 4.78 is 0. The lowest BCUT2D eigenvalue weighted by molar-refractivity contribution is 0.234. The predicted octanol–water partition coefficient (Wildman–Crippen LogP) is 2.46. The molecule has 0 aromatic rings. The second-order valence-corrected chi connectivity index (χ2v) is 3.38. The van der Waals surface area contributed by atoms with E-state index in [0.29, 0.717) is 11.8 Å². The molecule has 0 radical (unpaired) electrons. The molecule has 0 spiro atoms. The molecule has 0 aromatic heterocycles. The van der Waals surface area contributed by atoms with Crippen molar-refractivity contribution in [3.63, 3.8) is 0 Å². The van der Waals surface area contributed by atoms with Gasteiger partial charge in [0, 0.05) is 12.3 Å². The topological polar surface area (TPSA) is 44.1 Å².